The van der Waals surface area contributed by atoms with E-state index in [9.17, 15) is 21.6 Å². The molecule has 11 heteroatoms. The summed E-state index contributed by atoms with van der Waals surface area (Å²) in [7, 11) is -7.63. The van der Waals surface area contributed by atoms with Gasteiger partial charge in [-0.05, 0) is 42.5 Å². The van der Waals surface area contributed by atoms with Crippen molar-refractivity contribution < 1.29 is 21.6 Å². The van der Waals surface area contributed by atoms with Gasteiger partial charge in [-0.3, -0.25) is 9.52 Å². The number of nitrogens with zero attached hydrogens (tertiary/aromatic N) is 1. The second-order valence-electron chi connectivity index (χ2n) is 5.45. The van der Waals surface area contributed by atoms with Crippen LogP contribution in [0.5, 0.6) is 0 Å². The van der Waals surface area contributed by atoms with Gasteiger partial charge in [0.25, 0.3) is 10.0 Å². The third kappa shape index (κ3) is 3.66. The molecule has 138 valence electrons. The van der Waals surface area contributed by atoms with E-state index in [2.05, 4.69) is 4.72 Å². The monoisotopic (exact) mass is 434 g/mol. The summed E-state index contributed by atoms with van der Waals surface area (Å²) in [6.07, 6.45) is -0.0960. The average molecular weight is 435 g/mol. The summed E-state index contributed by atoms with van der Waals surface area (Å²) in [6, 6.07) is 9.25. The molecule has 0 aliphatic carbocycles. The maximum absolute atomic E-state index is 12.4. The third-order valence-electron chi connectivity index (χ3n) is 3.63. The van der Waals surface area contributed by atoms with Crippen molar-refractivity contribution in [3.8, 4) is 0 Å². The number of hydrogen-bond acceptors (Lipinski definition) is 5. The van der Waals surface area contributed by atoms with E-state index in [1.807, 2.05) is 0 Å². The molecule has 1 fully saturated rings. The van der Waals surface area contributed by atoms with Crippen LogP contribution in [0.4, 0.5) is 11.4 Å². The lowest BCUT2D eigenvalue weighted by molar-refractivity contribution is -0.116. The van der Waals surface area contributed by atoms with E-state index < -0.39 is 26.0 Å². The van der Waals surface area contributed by atoms with Crippen molar-refractivity contribution in [3.63, 3.8) is 0 Å². The Labute approximate surface area is 160 Å². The van der Waals surface area contributed by atoms with Crippen LogP contribution in [0.25, 0.3) is 0 Å². The highest BCUT2D eigenvalue weighted by Crippen LogP contribution is 2.28. The third-order valence-corrected chi connectivity index (χ3v) is 7.46. The van der Waals surface area contributed by atoms with E-state index in [1.54, 1.807) is 0 Å². The normalized spacial score (nSPS) is 16.7. The minimum atomic E-state index is -3.93. The highest BCUT2D eigenvalue weighted by molar-refractivity contribution is 7.94. The molecular weight excluding hydrogens is 423 g/mol. The van der Waals surface area contributed by atoms with Crippen molar-refractivity contribution >= 4 is 60.5 Å². The van der Waals surface area contributed by atoms with Crippen molar-refractivity contribution in [1.29, 1.82) is 0 Å². The summed E-state index contributed by atoms with van der Waals surface area (Å²) >= 11 is 11.7. The van der Waals surface area contributed by atoms with E-state index in [-0.39, 0.29) is 38.5 Å². The molecule has 0 bridgehead atoms. The molecule has 0 unspecified atom stereocenters. The molecule has 0 saturated carbocycles. The van der Waals surface area contributed by atoms with Crippen molar-refractivity contribution in [2.24, 2.45) is 0 Å². The van der Waals surface area contributed by atoms with Gasteiger partial charge in [0.05, 0.1) is 32.1 Å². The molecule has 0 spiro atoms. The Kier molecular flexibility index (Phi) is 4.91. The van der Waals surface area contributed by atoms with Crippen LogP contribution >= 0.6 is 23.2 Å². The lowest BCUT2D eigenvalue weighted by Gasteiger charge is -2.15. The number of carbonyl (C=O) groups excluding carboxylic acids is 1. The quantitative estimate of drug-likeness (QED) is 0.796. The number of benzene rings is 2. The first-order valence-corrected chi connectivity index (χ1v) is 11.1. The molecule has 1 amide bonds. The van der Waals surface area contributed by atoms with Crippen LogP contribution < -0.4 is 9.03 Å². The maximum Gasteiger partial charge on any atom is 0.261 e. The van der Waals surface area contributed by atoms with E-state index >= 15 is 0 Å². The number of carbonyl (C=O) groups is 1. The summed E-state index contributed by atoms with van der Waals surface area (Å²) in [6.45, 7) is 0. The summed E-state index contributed by atoms with van der Waals surface area (Å²) in [4.78, 5) is 11.7. The molecule has 1 aliphatic heterocycles. The largest absolute Gasteiger partial charge is 0.280 e. The second kappa shape index (κ2) is 6.73. The fraction of sp³-hybridized carbons (Fsp3) is 0.133. The fourth-order valence-electron chi connectivity index (χ4n) is 2.40. The average Bonchev–Trinajstić information content (AvgIpc) is 2.84. The molecule has 0 atom stereocenters. The van der Waals surface area contributed by atoms with Gasteiger partial charge in [0, 0.05) is 6.42 Å². The Bertz CT molecular complexity index is 1080. The van der Waals surface area contributed by atoms with Gasteiger partial charge in [0.2, 0.25) is 15.9 Å². The number of sulfonamides is 2. The summed E-state index contributed by atoms with van der Waals surface area (Å²) in [5.74, 6) is -0.806. The zero-order valence-corrected chi connectivity index (χ0v) is 16.2. The second-order valence-corrected chi connectivity index (χ2v) is 9.89. The molecule has 1 saturated heterocycles. The van der Waals surface area contributed by atoms with Crippen molar-refractivity contribution in [2.45, 2.75) is 11.3 Å². The lowest BCUT2D eigenvalue weighted by Crippen LogP contribution is -2.29. The summed E-state index contributed by atoms with van der Waals surface area (Å²) in [5, 5.41) is 0.482. The van der Waals surface area contributed by atoms with E-state index in [4.69, 9.17) is 23.2 Å². The zero-order valence-electron chi connectivity index (χ0n) is 13.0. The van der Waals surface area contributed by atoms with Gasteiger partial charge in [-0.25, -0.2) is 21.1 Å². The van der Waals surface area contributed by atoms with Crippen LogP contribution in [0.2, 0.25) is 10.0 Å². The molecule has 0 radical (unpaired) electrons. The molecular formula is C15H12Cl2N2O5S2. The first-order valence-electron chi connectivity index (χ1n) is 7.24. The minimum absolute atomic E-state index is 0.0960. The van der Waals surface area contributed by atoms with Crippen LogP contribution in [0, 0.1) is 0 Å². The van der Waals surface area contributed by atoms with Crippen molar-refractivity contribution in [3.05, 3.63) is 52.5 Å². The number of rotatable bonds is 4. The molecule has 1 aliphatic rings. The van der Waals surface area contributed by atoms with E-state index in [0.717, 1.165) is 0 Å². The molecule has 2 aromatic rings. The number of nitrogens with one attached hydrogen (secondary N) is 1. The van der Waals surface area contributed by atoms with Gasteiger partial charge in [0.1, 0.15) is 0 Å². The van der Waals surface area contributed by atoms with Gasteiger partial charge in [0.15, 0.2) is 0 Å². The Morgan fingerprint density at radius 3 is 2.19 bits per heavy atom. The molecule has 1 N–H and O–H groups in total. The van der Waals surface area contributed by atoms with Gasteiger partial charge < -0.3 is 0 Å². The van der Waals surface area contributed by atoms with Crippen LogP contribution in [0.3, 0.4) is 0 Å². The number of halogens is 2. The van der Waals surface area contributed by atoms with E-state index in [1.165, 1.54) is 42.5 Å². The standard InChI is InChI=1S/C15H12Cl2N2O5S2/c16-13-6-1-10(9-14(13)17)18-26(23,24)12-4-2-11(3-5-12)19-15(20)7-8-25(19,21)22/h1-6,9,18H,7-8H2. The molecule has 0 aromatic heterocycles. The van der Waals surface area contributed by atoms with Gasteiger partial charge in [-0.2, -0.15) is 0 Å². The Morgan fingerprint density at radius 2 is 1.65 bits per heavy atom. The smallest absolute Gasteiger partial charge is 0.261 e. The van der Waals surface area contributed by atoms with Gasteiger partial charge in [-0.1, -0.05) is 23.2 Å². The Balaban J connectivity index is 1.87. The molecule has 3 rings (SSSR count). The predicted octanol–water partition coefficient (Wildman–Crippen LogP) is 2.86. The topological polar surface area (TPSA) is 101 Å². The fourth-order valence-corrected chi connectivity index (χ4v) is 5.21. The first kappa shape index (κ1) is 19.0. The van der Waals surface area contributed by atoms with Gasteiger partial charge in [-0.15, -0.1) is 0 Å². The molecule has 7 nitrogen and oxygen atoms in total. The van der Waals surface area contributed by atoms with Crippen molar-refractivity contribution in [1.82, 2.24) is 0 Å². The van der Waals surface area contributed by atoms with Crippen LogP contribution in [0.1, 0.15) is 6.42 Å². The van der Waals surface area contributed by atoms with Crippen LogP contribution in [-0.4, -0.2) is 28.5 Å². The zero-order chi connectivity index (χ0) is 19.1. The predicted molar refractivity (Wildman–Crippen MR) is 99.6 cm³/mol. The van der Waals surface area contributed by atoms with Gasteiger partial charge >= 0.3 is 0 Å². The summed E-state index contributed by atoms with van der Waals surface area (Å²) in [5.41, 5.74) is 0.321. The highest BCUT2D eigenvalue weighted by atomic mass is 35.5. The number of amides is 1. The number of anilines is 2. The maximum atomic E-state index is 12.4. The first-order chi connectivity index (χ1) is 12.1. The SMILES string of the molecule is O=C1CCS(=O)(=O)N1c1ccc(S(=O)(=O)Nc2ccc(Cl)c(Cl)c2)cc1. The molecule has 2 aromatic carbocycles. The number of hydrogen-bond donors (Lipinski definition) is 1. The van der Waals surface area contributed by atoms with Crippen molar-refractivity contribution in [2.75, 3.05) is 14.8 Å². The van der Waals surface area contributed by atoms with Crippen LogP contribution in [0.15, 0.2) is 47.4 Å². The van der Waals surface area contributed by atoms with Crippen LogP contribution in [-0.2, 0) is 24.8 Å². The Morgan fingerprint density at radius 1 is 1.00 bits per heavy atom. The minimum Gasteiger partial charge on any atom is -0.280 e. The van der Waals surface area contributed by atoms with E-state index in [0.29, 0.717) is 4.31 Å². The lowest BCUT2D eigenvalue weighted by atomic mass is 10.3. The Hall–Kier alpha value is -1.81. The summed E-state index contributed by atoms with van der Waals surface area (Å²) < 4.78 is 51.7. The highest BCUT2D eigenvalue weighted by Gasteiger charge is 2.36. The molecule has 26 heavy (non-hydrogen) atoms. The molecule has 1 heterocycles.